The molecule has 0 fully saturated rings. The molecule has 1 amide bonds. The lowest BCUT2D eigenvalue weighted by Gasteiger charge is -2.09. The zero-order valence-electron chi connectivity index (χ0n) is 16.6. The number of rotatable bonds is 4. The first-order chi connectivity index (χ1) is 15.2. The molecule has 32 heavy (non-hydrogen) atoms. The van der Waals surface area contributed by atoms with Crippen LogP contribution in [0.3, 0.4) is 0 Å². The average Bonchev–Trinajstić information content (AvgIpc) is 3.06. The number of carbonyl (C=O) groups is 1. The van der Waals surface area contributed by atoms with Gasteiger partial charge in [0.25, 0.3) is 5.91 Å². The summed E-state index contributed by atoms with van der Waals surface area (Å²) in [5, 5.41) is 9.05. The van der Waals surface area contributed by atoms with Crippen molar-refractivity contribution >= 4 is 34.6 Å². The zero-order valence-corrected chi connectivity index (χ0v) is 17.3. The van der Waals surface area contributed by atoms with Gasteiger partial charge in [0.05, 0.1) is 34.2 Å². The van der Waals surface area contributed by atoms with Crippen molar-refractivity contribution in [3.05, 3.63) is 88.3 Å². The first-order valence-corrected chi connectivity index (χ1v) is 9.74. The van der Waals surface area contributed by atoms with Gasteiger partial charge < -0.3 is 0 Å². The van der Waals surface area contributed by atoms with Gasteiger partial charge in [-0.2, -0.15) is 23.4 Å². The summed E-state index contributed by atoms with van der Waals surface area (Å²) in [5.74, 6) is -0.522. The Morgan fingerprint density at radius 1 is 1.12 bits per heavy atom. The maximum Gasteiger partial charge on any atom is 0.416 e. The quantitative estimate of drug-likeness (QED) is 0.339. The summed E-state index contributed by atoms with van der Waals surface area (Å²) in [6, 6.07) is 15.4. The maximum absolute atomic E-state index is 13.0. The highest BCUT2D eigenvalue weighted by Gasteiger charge is 2.30. The second kappa shape index (κ2) is 8.43. The molecule has 10 heteroatoms. The van der Waals surface area contributed by atoms with E-state index >= 15 is 0 Å². The SMILES string of the molecule is Cc1nn(-c2cccc(C(F)(F)F)c2)c(Cl)c1/C=N\NC(=O)c1ccc2ccccc2n1. The standard InChI is InChI=1S/C22H15ClF3N5O/c1-13-17(20(23)31(30-13)16-7-4-6-15(11-16)22(24,25)26)12-27-29-21(32)19-10-9-14-5-2-3-8-18(14)28-19/h2-12H,1H3,(H,29,32)/b27-12-. The minimum atomic E-state index is -4.49. The summed E-state index contributed by atoms with van der Waals surface area (Å²) in [6.45, 7) is 1.63. The second-order valence-electron chi connectivity index (χ2n) is 6.84. The number of hydrogen-bond acceptors (Lipinski definition) is 4. The van der Waals surface area contributed by atoms with Crippen LogP contribution in [0.15, 0.2) is 65.8 Å². The number of hydrogen-bond donors (Lipinski definition) is 1. The third kappa shape index (κ3) is 4.33. The number of para-hydroxylation sites is 1. The van der Waals surface area contributed by atoms with E-state index in [4.69, 9.17) is 11.6 Å². The fourth-order valence-electron chi connectivity index (χ4n) is 3.05. The zero-order chi connectivity index (χ0) is 22.9. The Kier molecular flexibility index (Phi) is 5.67. The molecule has 4 rings (SSSR count). The van der Waals surface area contributed by atoms with Crippen molar-refractivity contribution in [3.63, 3.8) is 0 Å². The van der Waals surface area contributed by atoms with Gasteiger partial charge in [-0.1, -0.05) is 41.9 Å². The van der Waals surface area contributed by atoms with Gasteiger partial charge >= 0.3 is 6.18 Å². The predicted octanol–water partition coefficient (Wildman–Crippen LogP) is 5.17. The molecule has 0 aliphatic heterocycles. The molecule has 0 aliphatic rings. The predicted molar refractivity (Wildman–Crippen MR) is 115 cm³/mol. The lowest BCUT2D eigenvalue weighted by atomic mass is 10.2. The van der Waals surface area contributed by atoms with Crippen LogP contribution in [0.5, 0.6) is 0 Å². The fraction of sp³-hybridized carbons (Fsp3) is 0.0909. The number of carbonyl (C=O) groups excluding carboxylic acids is 1. The Morgan fingerprint density at radius 3 is 2.69 bits per heavy atom. The molecule has 0 bridgehead atoms. The largest absolute Gasteiger partial charge is 0.416 e. The fourth-order valence-corrected chi connectivity index (χ4v) is 3.37. The summed E-state index contributed by atoms with van der Waals surface area (Å²) in [6.07, 6.45) is -3.20. The number of alkyl halides is 3. The van der Waals surface area contributed by atoms with Gasteiger partial charge in [-0.15, -0.1) is 0 Å². The summed E-state index contributed by atoms with van der Waals surface area (Å²) < 4.78 is 40.2. The second-order valence-corrected chi connectivity index (χ2v) is 7.20. The molecule has 162 valence electrons. The van der Waals surface area contributed by atoms with Crippen molar-refractivity contribution in [2.24, 2.45) is 5.10 Å². The van der Waals surface area contributed by atoms with Crippen LogP contribution in [0.4, 0.5) is 13.2 Å². The Hall–Kier alpha value is -3.72. The third-order valence-electron chi connectivity index (χ3n) is 4.66. The number of hydrazone groups is 1. The van der Waals surface area contributed by atoms with Gasteiger partial charge in [-0.25, -0.2) is 15.1 Å². The number of fused-ring (bicyclic) bond motifs is 1. The highest BCUT2D eigenvalue weighted by atomic mass is 35.5. The van der Waals surface area contributed by atoms with E-state index in [1.807, 2.05) is 18.2 Å². The molecule has 0 saturated heterocycles. The lowest BCUT2D eigenvalue weighted by molar-refractivity contribution is -0.137. The van der Waals surface area contributed by atoms with Crippen LogP contribution in [0.2, 0.25) is 5.15 Å². The molecule has 1 N–H and O–H groups in total. The van der Waals surface area contributed by atoms with Crippen molar-refractivity contribution < 1.29 is 18.0 Å². The molecule has 6 nitrogen and oxygen atoms in total. The van der Waals surface area contributed by atoms with E-state index < -0.39 is 17.6 Å². The molecule has 4 aromatic rings. The number of nitrogens with one attached hydrogen (secondary N) is 1. The number of pyridine rings is 1. The average molecular weight is 458 g/mol. The molecule has 0 radical (unpaired) electrons. The van der Waals surface area contributed by atoms with Crippen LogP contribution in [0.25, 0.3) is 16.6 Å². The molecular formula is C22H15ClF3N5O. The van der Waals surface area contributed by atoms with Crippen molar-refractivity contribution in [1.82, 2.24) is 20.2 Å². The number of benzene rings is 2. The first-order valence-electron chi connectivity index (χ1n) is 9.36. The Balaban J connectivity index is 1.55. The Bertz CT molecular complexity index is 1350. The van der Waals surface area contributed by atoms with E-state index in [1.165, 1.54) is 23.0 Å². The van der Waals surface area contributed by atoms with E-state index in [0.717, 1.165) is 17.5 Å². The van der Waals surface area contributed by atoms with Gasteiger partial charge in [0.1, 0.15) is 10.8 Å². The number of halogens is 4. The number of aryl methyl sites for hydroxylation is 1. The van der Waals surface area contributed by atoms with Crippen molar-refractivity contribution in [1.29, 1.82) is 0 Å². The van der Waals surface area contributed by atoms with Gasteiger partial charge in [0, 0.05) is 5.39 Å². The monoisotopic (exact) mass is 457 g/mol. The molecule has 0 spiro atoms. The summed E-state index contributed by atoms with van der Waals surface area (Å²) >= 11 is 6.33. The summed E-state index contributed by atoms with van der Waals surface area (Å²) in [5.41, 5.74) is 3.34. The molecule has 0 aliphatic carbocycles. The Morgan fingerprint density at radius 2 is 1.91 bits per heavy atom. The van der Waals surface area contributed by atoms with E-state index in [0.29, 0.717) is 16.8 Å². The van der Waals surface area contributed by atoms with Gasteiger partial charge in [0.2, 0.25) is 0 Å². The number of nitrogens with zero attached hydrogens (tertiary/aromatic N) is 4. The maximum atomic E-state index is 13.0. The minimum absolute atomic E-state index is 0.0589. The van der Waals surface area contributed by atoms with Crippen molar-refractivity contribution in [2.45, 2.75) is 13.1 Å². The normalized spacial score (nSPS) is 11.9. The van der Waals surface area contributed by atoms with E-state index in [-0.39, 0.29) is 16.5 Å². The molecule has 2 aromatic heterocycles. The van der Waals surface area contributed by atoms with Crippen LogP contribution in [0.1, 0.15) is 27.3 Å². The van der Waals surface area contributed by atoms with E-state index in [2.05, 4.69) is 20.6 Å². The molecule has 0 unspecified atom stereocenters. The Labute approximate surface area is 185 Å². The molecule has 2 aromatic carbocycles. The third-order valence-corrected chi connectivity index (χ3v) is 5.02. The van der Waals surface area contributed by atoms with Crippen LogP contribution < -0.4 is 5.43 Å². The van der Waals surface area contributed by atoms with Gasteiger partial charge in [0.15, 0.2) is 0 Å². The number of amides is 1. The minimum Gasteiger partial charge on any atom is -0.266 e. The van der Waals surface area contributed by atoms with E-state index in [1.54, 1.807) is 25.1 Å². The topological polar surface area (TPSA) is 72.2 Å². The van der Waals surface area contributed by atoms with E-state index in [9.17, 15) is 18.0 Å². The smallest absolute Gasteiger partial charge is 0.266 e. The highest BCUT2D eigenvalue weighted by molar-refractivity contribution is 6.32. The first kappa shape index (κ1) is 21.5. The number of aromatic nitrogens is 3. The van der Waals surface area contributed by atoms with Crippen LogP contribution in [-0.2, 0) is 6.18 Å². The van der Waals surface area contributed by atoms with Gasteiger partial charge in [-0.3, -0.25) is 4.79 Å². The molecule has 2 heterocycles. The van der Waals surface area contributed by atoms with Crippen molar-refractivity contribution in [3.8, 4) is 5.69 Å². The molecular weight excluding hydrogens is 443 g/mol. The molecule has 0 saturated carbocycles. The van der Waals surface area contributed by atoms with Crippen LogP contribution in [0, 0.1) is 6.92 Å². The molecule has 0 atom stereocenters. The summed E-state index contributed by atoms with van der Waals surface area (Å²) in [4.78, 5) is 16.6. The summed E-state index contributed by atoms with van der Waals surface area (Å²) in [7, 11) is 0. The van der Waals surface area contributed by atoms with Crippen molar-refractivity contribution in [2.75, 3.05) is 0 Å². The van der Waals surface area contributed by atoms with Gasteiger partial charge in [-0.05, 0) is 37.3 Å². The van der Waals surface area contributed by atoms with Crippen LogP contribution in [-0.4, -0.2) is 26.9 Å². The lowest BCUT2D eigenvalue weighted by Crippen LogP contribution is -2.19. The highest BCUT2D eigenvalue weighted by Crippen LogP contribution is 2.31. The van der Waals surface area contributed by atoms with Crippen LogP contribution >= 0.6 is 11.6 Å².